The van der Waals surface area contributed by atoms with E-state index in [2.05, 4.69) is 20.8 Å². The van der Waals surface area contributed by atoms with E-state index in [1.807, 2.05) is 4.90 Å². The van der Waals surface area contributed by atoms with E-state index >= 15 is 0 Å². The van der Waals surface area contributed by atoms with Gasteiger partial charge in [0.25, 0.3) is 0 Å². The number of hydrogen-bond acceptors (Lipinski definition) is 2. The van der Waals surface area contributed by atoms with Gasteiger partial charge in [-0.25, -0.2) is 0 Å². The summed E-state index contributed by atoms with van der Waals surface area (Å²) in [4.78, 5) is 14.1. The average molecular weight is 226 g/mol. The quantitative estimate of drug-likeness (QED) is 0.781. The molecule has 0 aromatic rings. The van der Waals surface area contributed by atoms with Crippen molar-refractivity contribution in [2.75, 3.05) is 13.1 Å². The first kappa shape index (κ1) is 13.5. The summed E-state index contributed by atoms with van der Waals surface area (Å²) in [5.74, 6) is 0.985. The number of nitrogens with two attached hydrogens (primary N) is 1. The van der Waals surface area contributed by atoms with Gasteiger partial charge in [0.15, 0.2) is 0 Å². The number of carbonyl (C=O) groups is 1. The van der Waals surface area contributed by atoms with Crippen LogP contribution in [0.5, 0.6) is 0 Å². The maximum Gasteiger partial charge on any atom is 0.223 e. The van der Waals surface area contributed by atoms with Crippen LogP contribution in [0.3, 0.4) is 0 Å². The molecule has 1 saturated heterocycles. The molecule has 1 amide bonds. The van der Waals surface area contributed by atoms with Gasteiger partial charge >= 0.3 is 0 Å². The predicted octanol–water partition coefficient (Wildman–Crippen LogP) is 2.15. The molecule has 0 radical (unpaired) electrons. The molecule has 1 aliphatic heterocycles. The molecule has 3 nitrogen and oxygen atoms in total. The topological polar surface area (TPSA) is 46.3 Å². The van der Waals surface area contributed by atoms with Crippen LogP contribution in [0.1, 0.15) is 52.9 Å². The van der Waals surface area contributed by atoms with E-state index in [1.165, 1.54) is 0 Å². The highest BCUT2D eigenvalue weighted by Crippen LogP contribution is 2.28. The van der Waals surface area contributed by atoms with Gasteiger partial charge in [-0.15, -0.1) is 0 Å². The molecule has 0 aromatic carbocycles. The van der Waals surface area contributed by atoms with Crippen LogP contribution in [0, 0.1) is 5.92 Å². The van der Waals surface area contributed by atoms with E-state index in [1.54, 1.807) is 0 Å². The Morgan fingerprint density at radius 2 is 2.19 bits per heavy atom. The molecule has 94 valence electrons. The first-order valence-corrected chi connectivity index (χ1v) is 6.50. The second-order valence-electron chi connectivity index (χ2n) is 5.64. The number of carbonyl (C=O) groups excluding carboxylic acids is 1. The smallest absolute Gasteiger partial charge is 0.223 e. The van der Waals surface area contributed by atoms with Gasteiger partial charge in [-0.2, -0.15) is 0 Å². The average Bonchev–Trinajstić information content (AvgIpc) is 2.60. The molecule has 0 aliphatic carbocycles. The fourth-order valence-corrected chi connectivity index (χ4v) is 2.46. The molecule has 1 fully saturated rings. The summed E-state index contributed by atoms with van der Waals surface area (Å²) in [7, 11) is 0. The summed E-state index contributed by atoms with van der Waals surface area (Å²) in [6.45, 7) is 7.99. The van der Waals surface area contributed by atoms with Gasteiger partial charge in [0, 0.05) is 19.5 Å². The lowest BCUT2D eigenvalue weighted by atomic mass is 9.98. The molecule has 1 aliphatic rings. The number of amides is 1. The summed E-state index contributed by atoms with van der Waals surface area (Å²) < 4.78 is 0. The minimum Gasteiger partial charge on any atom is -0.336 e. The third-order valence-electron chi connectivity index (χ3n) is 3.66. The molecule has 1 unspecified atom stereocenters. The van der Waals surface area contributed by atoms with Gasteiger partial charge in [-0.1, -0.05) is 20.3 Å². The minimum absolute atomic E-state index is 0.0745. The van der Waals surface area contributed by atoms with Gasteiger partial charge in [-0.3, -0.25) is 4.79 Å². The van der Waals surface area contributed by atoms with Gasteiger partial charge in [0.2, 0.25) is 5.91 Å². The SMILES string of the molecule is CC(C)CCCC(=O)N1CCCC1(C)CN. The predicted molar refractivity (Wildman–Crippen MR) is 67.1 cm³/mol. The first-order chi connectivity index (χ1) is 7.49. The third kappa shape index (κ3) is 3.21. The molecular weight excluding hydrogens is 200 g/mol. The summed E-state index contributed by atoms with van der Waals surface area (Å²) in [5, 5.41) is 0. The molecule has 1 heterocycles. The zero-order valence-corrected chi connectivity index (χ0v) is 11.0. The van der Waals surface area contributed by atoms with E-state index in [0.29, 0.717) is 24.8 Å². The summed E-state index contributed by atoms with van der Waals surface area (Å²) in [5.41, 5.74) is 5.70. The fraction of sp³-hybridized carbons (Fsp3) is 0.923. The number of likely N-dealkylation sites (tertiary alicyclic amines) is 1. The van der Waals surface area contributed by atoms with Crippen LogP contribution in [-0.2, 0) is 4.79 Å². The second kappa shape index (κ2) is 5.67. The van der Waals surface area contributed by atoms with Crippen LogP contribution >= 0.6 is 0 Å². The molecule has 0 saturated carbocycles. The first-order valence-electron chi connectivity index (χ1n) is 6.50. The van der Waals surface area contributed by atoms with Gasteiger partial charge < -0.3 is 10.6 Å². The van der Waals surface area contributed by atoms with Crippen LogP contribution < -0.4 is 5.73 Å². The van der Waals surface area contributed by atoms with Gasteiger partial charge in [0.05, 0.1) is 5.54 Å². The Hall–Kier alpha value is -0.570. The van der Waals surface area contributed by atoms with Crippen molar-refractivity contribution in [1.82, 2.24) is 4.90 Å². The normalized spacial score (nSPS) is 25.4. The van der Waals surface area contributed by atoms with E-state index in [0.717, 1.165) is 32.2 Å². The maximum atomic E-state index is 12.1. The molecule has 16 heavy (non-hydrogen) atoms. The summed E-state index contributed by atoms with van der Waals surface area (Å²) >= 11 is 0. The highest BCUT2D eigenvalue weighted by Gasteiger charge is 2.37. The van der Waals surface area contributed by atoms with Crippen LogP contribution in [0.4, 0.5) is 0 Å². The highest BCUT2D eigenvalue weighted by atomic mass is 16.2. The third-order valence-corrected chi connectivity index (χ3v) is 3.66. The molecule has 3 heteroatoms. The Balaban J connectivity index is 2.41. The van der Waals surface area contributed by atoms with Gasteiger partial charge in [-0.05, 0) is 32.1 Å². The fourth-order valence-electron chi connectivity index (χ4n) is 2.46. The molecule has 1 rings (SSSR count). The van der Waals surface area contributed by atoms with E-state index < -0.39 is 0 Å². The van der Waals surface area contributed by atoms with Crippen molar-refractivity contribution in [2.45, 2.75) is 58.4 Å². The molecular formula is C13H26N2O. The lowest BCUT2D eigenvalue weighted by Crippen LogP contribution is -2.49. The number of hydrogen-bond donors (Lipinski definition) is 1. The van der Waals surface area contributed by atoms with Crippen molar-refractivity contribution in [2.24, 2.45) is 11.7 Å². The molecule has 2 N–H and O–H groups in total. The van der Waals surface area contributed by atoms with Crippen LogP contribution in [0.15, 0.2) is 0 Å². The zero-order valence-electron chi connectivity index (χ0n) is 11.0. The van der Waals surface area contributed by atoms with Crippen molar-refractivity contribution in [3.8, 4) is 0 Å². The summed E-state index contributed by atoms with van der Waals surface area (Å²) in [6, 6.07) is 0. The van der Waals surface area contributed by atoms with Crippen molar-refractivity contribution in [3.63, 3.8) is 0 Å². The number of rotatable bonds is 5. The molecule has 0 bridgehead atoms. The van der Waals surface area contributed by atoms with Crippen molar-refractivity contribution < 1.29 is 4.79 Å². The lowest BCUT2D eigenvalue weighted by molar-refractivity contribution is -0.134. The van der Waals surface area contributed by atoms with Crippen molar-refractivity contribution in [1.29, 1.82) is 0 Å². The molecule has 1 atom stereocenters. The van der Waals surface area contributed by atoms with E-state index in [-0.39, 0.29) is 5.54 Å². The lowest BCUT2D eigenvalue weighted by Gasteiger charge is -2.34. The highest BCUT2D eigenvalue weighted by molar-refractivity contribution is 5.77. The maximum absolute atomic E-state index is 12.1. The van der Waals surface area contributed by atoms with Crippen molar-refractivity contribution >= 4 is 5.91 Å². The largest absolute Gasteiger partial charge is 0.336 e. The van der Waals surface area contributed by atoms with Gasteiger partial charge in [0.1, 0.15) is 0 Å². The molecule has 0 aromatic heterocycles. The standard InChI is InChI=1S/C13H26N2O/c1-11(2)6-4-7-12(16)15-9-5-8-13(15,3)10-14/h11H,4-10,14H2,1-3H3. The monoisotopic (exact) mass is 226 g/mol. The Labute approximate surface area is 99.4 Å². The summed E-state index contributed by atoms with van der Waals surface area (Å²) in [6.07, 6.45) is 4.99. The Morgan fingerprint density at radius 1 is 1.50 bits per heavy atom. The van der Waals surface area contributed by atoms with Crippen LogP contribution in [0.2, 0.25) is 0 Å². The number of nitrogens with zero attached hydrogens (tertiary/aromatic N) is 1. The van der Waals surface area contributed by atoms with E-state index in [9.17, 15) is 4.79 Å². The van der Waals surface area contributed by atoms with E-state index in [4.69, 9.17) is 5.73 Å². The Bertz CT molecular complexity index is 240. The second-order valence-corrected chi connectivity index (χ2v) is 5.64. The zero-order chi connectivity index (χ0) is 12.2. The van der Waals surface area contributed by atoms with Crippen molar-refractivity contribution in [3.05, 3.63) is 0 Å². The molecule has 0 spiro atoms. The minimum atomic E-state index is -0.0745. The van der Waals surface area contributed by atoms with Crippen LogP contribution in [-0.4, -0.2) is 29.4 Å². The Morgan fingerprint density at radius 3 is 2.75 bits per heavy atom. The Kier molecular flexibility index (Phi) is 4.78. The van der Waals surface area contributed by atoms with Crippen LogP contribution in [0.25, 0.3) is 0 Å².